The van der Waals surface area contributed by atoms with Crippen molar-refractivity contribution >= 4 is 23.6 Å². The van der Waals surface area contributed by atoms with Gasteiger partial charge in [0.05, 0.1) is 24.7 Å². The van der Waals surface area contributed by atoms with Crippen molar-refractivity contribution in [2.75, 3.05) is 17.2 Å². The van der Waals surface area contributed by atoms with Crippen molar-refractivity contribution in [1.29, 1.82) is 0 Å². The quantitative estimate of drug-likeness (QED) is 0.315. The summed E-state index contributed by atoms with van der Waals surface area (Å²) in [6.45, 7) is 3.07. The highest BCUT2D eigenvalue weighted by Gasteiger charge is 2.27. The number of nitrogens with one attached hydrogen (secondary N) is 1. The van der Waals surface area contributed by atoms with Crippen LogP contribution in [0.3, 0.4) is 0 Å². The normalized spacial score (nSPS) is 13.4. The van der Waals surface area contributed by atoms with Crippen molar-refractivity contribution in [2.45, 2.75) is 26.3 Å². The maximum Gasteiger partial charge on any atom is 0.293 e. The monoisotopic (exact) mass is 461 g/mol. The molecule has 0 fully saturated rings. The van der Waals surface area contributed by atoms with Crippen LogP contribution in [0.2, 0.25) is 0 Å². The number of rotatable bonds is 6. The minimum absolute atomic E-state index is 0.0437. The minimum Gasteiger partial charge on any atom is -0.378 e. The number of para-hydroxylation sites is 1. The largest absolute Gasteiger partial charge is 0.378 e. The highest BCUT2D eigenvalue weighted by atomic mass is 16.6. The smallest absolute Gasteiger partial charge is 0.293 e. The van der Waals surface area contributed by atoms with E-state index in [1.807, 2.05) is 26.1 Å². The standard InChI is InChI=1S/C21H23N11O2/c1-13-15(11-24-30(13)2)10-23-26-21(33)18-17(32(29-25-18)20-19(22)27-34-28-20)12-31-9-5-7-14-6-3-4-8-16(14)31/h3-4,6,8,10-11H,5,7,9,12H2,1-2H3,(H2,22,27)(H,26,33)/b23-10+. The molecule has 0 aliphatic carbocycles. The number of hydrazone groups is 1. The number of hydrogen-bond donors (Lipinski definition) is 2. The Morgan fingerprint density at radius 3 is 2.94 bits per heavy atom. The van der Waals surface area contributed by atoms with Crippen LogP contribution in [0.4, 0.5) is 11.5 Å². The lowest BCUT2D eigenvalue weighted by Gasteiger charge is -2.31. The molecule has 1 aliphatic heterocycles. The molecule has 13 nitrogen and oxygen atoms in total. The number of anilines is 2. The third-order valence-corrected chi connectivity index (χ3v) is 5.86. The van der Waals surface area contributed by atoms with Gasteiger partial charge in [-0.3, -0.25) is 9.48 Å². The average molecular weight is 461 g/mol. The molecule has 0 spiro atoms. The Labute approximate surface area is 194 Å². The molecule has 1 aliphatic rings. The van der Waals surface area contributed by atoms with Crippen molar-refractivity contribution in [3.63, 3.8) is 0 Å². The number of nitrogen functional groups attached to an aromatic ring is 1. The molecule has 0 unspecified atom stereocenters. The van der Waals surface area contributed by atoms with Crippen molar-refractivity contribution < 1.29 is 9.42 Å². The van der Waals surface area contributed by atoms with Gasteiger partial charge in [-0.05, 0) is 41.7 Å². The number of aromatic nitrogens is 7. The van der Waals surface area contributed by atoms with E-state index in [4.69, 9.17) is 10.4 Å². The van der Waals surface area contributed by atoms with Crippen LogP contribution in [0.1, 0.15) is 39.4 Å². The summed E-state index contributed by atoms with van der Waals surface area (Å²) in [5.41, 5.74) is 13.1. The van der Waals surface area contributed by atoms with E-state index in [-0.39, 0.29) is 17.3 Å². The lowest BCUT2D eigenvalue weighted by molar-refractivity contribution is 0.0949. The van der Waals surface area contributed by atoms with Gasteiger partial charge in [-0.25, -0.2) is 10.1 Å². The van der Waals surface area contributed by atoms with Crippen molar-refractivity contribution in [2.24, 2.45) is 12.1 Å². The molecule has 174 valence electrons. The fourth-order valence-electron chi connectivity index (χ4n) is 3.94. The number of fused-ring (bicyclic) bond motifs is 1. The van der Waals surface area contributed by atoms with Crippen LogP contribution in [-0.4, -0.2) is 53.8 Å². The van der Waals surface area contributed by atoms with Crippen LogP contribution in [0.25, 0.3) is 5.82 Å². The van der Waals surface area contributed by atoms with E-state index in [9.17, 15) is 4.79 Å². The second kappa shape index (κ2) is 8.77. The number of carbonyl (C=O) groups excluding carboxylic acids is 1. The Hall–Kier alpha value is -4.55. The van der Waals surface area contributed by atoms with E-state index in [2.05, 4.69) is 53.3 Å². The zero-order valence-electron chi connectivity index (χ0n) is 18.7. The van der Waals surface area contributed by atoms with Crippen molar-refractivity contribution in [3.05, 3.63) is 58.7 Å². The van der Waals surface area contributed by atoms with Crippen LogP contribution >= 0.6 is 0 Å². The molecule has 3 aromatic heterocycles. The summed E-state index contributed by atoms with van der Waals surface area (Å²) in [6.07, 6.45) is 5.19. The number of nitrogens with two attached hydrogens (primary N) is 1. The van der Waals surface area contributed by atoms with Crippen molar-refractivity contribution in [3.8, 4) is 5.82 Å². The average Bonchev–Trinajstić information content (AvgIpc) is 3.54. The summed E-state index contributed by atoms with van der Waals surface area (Å²) in [4.78, 5) is 15.2. The second-order valence-electron chi connectivity index (χ2n) is 7.93. The number of hydrogen-bond acceptors (Lipinski definition) is 10. The molecule has 0 saturated heterocycles. The number of nitrogens with zero attached hydrogens (tertiary/aromatic N) is 9. The van der Waals surface area contributed by atoms with Gasteiger partial charge in [0.15, 0.2) is 5.69 Å². The lowest BCUT2D eigenvalue weighted by atomic mass is 10.0. The van der Waals surface area contributed by atoms with Gasteiger partial charge in [-0.1, -0.05) is 23.4 Å². The van der Waals surface area contributed by atoms with Crippen LogP contribution in [0.5, 0.6) is 0 Å². The van der Waals surface area contributed by atoms with E-state index >= 15 is 0 Å². The fourth-order valence-corrected chi connectivity index (χ4v) is 3.94. The molecule has 0 radical (unpaired) electrons. The number of benzene rings is 1. The lowest BCUT2D eigenvalue weighted by Crippen LogP contribution is -2.31. The third-order valence-electron chi connectivity index (χ3n) is 5.86. The molecule has 4 aromatic rings. The molecule has 1 amide bonds. The highest BCUT2D eigenvalue weighted by Crippen LogP contribution is 2.29. The van der Waals surface area contributed by atoms with Gasteiger partial charge in [0.25, 0.3) is 5.91 Å². The van der Waals surface area contributed by atoms with Gasteiger partial charge in [0, 0.05) is 30.5 Å². The van der Waals surface area contributed by atoms with Crippen LogP contribution in [0.15, 0.2) is 40.2 Å². The fraction of sp³-hybridized carbons (Fsp3) is 0.286. The molecule has 1 aromatic carbocycles. The Bertz CT molecular complexity index is 1370. The maximum absolute atomic E-state index is 13.0. The van der Waals surface area contributed by atoms with E-state index in [1.165, 1.54) is 16.5 Å². The molecule has 4 heterocycles. The summed E-state index contributed by atoms with van der Waals surface area (Å²) in [6, 6.07) is 8.19. The number of amides is 1. The Morgan fingerprint density at radius 1 is 1.32 bits per heavy atom. The summed E-state index contributed by atoms with van der Waals surface area (Å²) < 4.78 is 7.84. The predicted molar refractivity (Wildman–Crippen MR) is 122 cm³/mol. The highest BCUT2D eigenvalue weighted by molar-refractivity contribution is 5.94. The predicted octanol–water partition coefficient (Wildman–Crippen LogP) is 0.991. The van der Waals surface area contributed by atoms with E-state index < -0.39 is 5.91 Å². The van der Waals surface area contributed by atoms with E-state index in [0.717, 1.165) is 36.3 Å². The molecule has 34 heavy (non-hydrogen) atoms. The second-order valence-corrected chi connectivity index (χ2v) is 7.93. The zero-order chi connectivity index (χ0) is 23.7. The topological polar surface area (TPSA) is 158 Å². The minimum atomic E-state index is -0.514. The molecule has 0 atom stereocenters. The SMILES string of the molecule is Cc1c(/C=N/NC(=O)c2nnn(-c3nonc3N)c2CN2CCCc3ccccc32)cnn1C. The molecule has 3 N–H and O–H groups in total. The molecular formula is C21H23N11O2. The summed E-state index contributed by atoms with van der Waals surface area (Å²) in [7, 11) is 1.83. The maximum atomic E-state index is 13.0. The third kappa shape index (κ3) is 3.87. The summed E-state index contributed by atoms with van der Waals surface area (Å²) >= 11 is 0. The van der Waals surface area contributed by atoms with Crippen molar-refractivity contribution in [1.82, 2.24) is 40.5 Å². The molecule has 0 bridgehead atoms. The van der Waals surface area contributed by atoms with Crippen LogP contribution in [-0.2, 0) is 20.0 Å². The first kappa shape index (κ1) is 21.3. The van der Waals surface area contributed by atoms with Crippen LogP contribution < -0.4 is 16.1 Å². The van der Waals surface area contributed by atoms with E-state index in [0.29, 0.717) is 12.2 Å². The van der Waals surface area contributed by atoms with Gasteiger partial charge < -0.3 is 10.6 Å². The van der Waals surface area contributed by atoms with Gasteiger partial charge in [0.1, 0.15) is 0 Å². The Balaban J connectivity index is 1.46. The first-order valence-electron chi connectivity index (χ1n) is 10.7. The molecule has 0 saturated carbocycles. The molecule has 5 rings (SSSR count). The summed E-state index contributed by atoms with van der Waals surface area (Å²) in [5, 5.41) is 23.9. The number of aryl methyl sites for hydroxylation is 2. The van der Waals surface area contributed by atoms with Gasteiger partial charge >= 0.3 is 0 Å². The Kier molecular flexibility index (Phi) is 5.49. The van der Waals surface area contributed by atoms with E-state index in [1.54, 1.807) is 10.9 Å². The Morgan fingerprint density at radius 2 is 2.18 bits per heavy atom. The summed E-state index contributed by atoms with van der Waals surface area (Å²) in [5.74, 6) is -0.303. The van der Waals surface area contributed by atoms with Gasteiger partial charge in [0.2, 0.25) is 11.6 Å². The van der Waals surface area contributed by atoms with Gasteiger partial charge in [-0.15, -0.1) is 5.10 Å². The van der Waals surface area contributed by atoms with Gasteiger partial charge in [-0.2, -0.15) is 14.9 Å². The number of carbonyl (C=O) groups is 1. The first-order chi connectivity index (χ1) is 16.5. The molecule has 13 heteroatoms. The zero-order valence-corrected chi connectivity index (χ0v) is 18.7. The first-order valence-corrected chi connectivity index (χ1v) is 10.7. The van der Waals surface area contributed by atoms with Crippen LogP contribution in [0, 0.1) is 6.92 Å². The molecular weight excluding hydrogens is 438 g/mol.